The van der Waals surface area contributed by atoms with Crippen LogP contribution in [0.5, 0.6) is 5.75 Å². The molecule has 2 fully saturated rings. The van der Waals surface area contributed by atoms with Gasteiger partial charge in [-0.2, -0.15) is 4.31 Å². The molecule has 0 aromatic heterocycles. The number of nitrogens with zero attached hydrogens (tertiary/aromatic N) is 3. The van der Waals surface area contributed by atoms with Crippen LogP contribution in [-0.4, -0.2) is 79.6 Å². The van der Waals surface area contributed by atoms with Crippen LogP contribution in [-0.2, 0) is 21.4 Å². The van der Waals surface area contributed by atoms with Crippen molar-refractivity contribution in [1.29, 1.82) is 0 Å². The van der Waals surface area contributed by atoms with Crippen molar-refractivity contribution in [2.45, 2.75) is 50.7 Å². The van der Waals surface area contributed by atoms with Crippen LogP contribution >= 0.6 is 0 Å². The summed E-state index contributed by atoms with van der Waals surface area (Å²) in [7, 11) is -3.34. The maximum Gasteiger partial charge on any atom is 0.236 e. The third-order valence-corrected chi connectivity index (χ3v) is 7.86. The van der Waals surface area contributed by atoms with Crippen LogP contribution in [0.3, 0.4) is 0 Å². The van der Waals surface area contributed by atoms with Crippen LogP contribution in [0.15, 0.2) is 24.3 Å². The summed E-state index contributed by atoms with van der Waals surface area (Å²) in [6, 6.07) is 7.70. The highest BCUT2D eigenvalue weighted by molar-refractivity contribution is 7.88. The summed E-state index contributed by atoms with van der Waals surface area (Å²) in [6.45, 7) is 4.36. The molecule has 1 amide bonds. The minimum atomic E-state index is -3.34. The van der Waals surface area contributed by atoms with Crippen molar-refractivity contribution in [3.05, 3.63) is 29.8 Å². The standard InChI is InChI=1S/C22H33N3O4S/c1-30(27,28)25-16-19-8-4-5-9-20(19)29-22(18-25)10-14-23(15-11-22)17-21(26)24-12-6-2-3-7-13-24/h4-5,8-9H,2-3,6-7,10-18H2,1H3. The Hall–Kier alpha value is -1.64. The van der Waals surface area contributed by atoms with Gasteiger partial charge in [-0.05, 0) is 18.9 Å². The maximum absolute atomic E-state index is 12.8. The first kappa shape index (κ1) is 21.6. The van der Waals surface area contributed by atoms with Crippen molar-refractivity contribution in [3.63, 3.8) is 0 Å². The number of likely N-dealkylation sites (tertiary alicyclic amines) is 2. The van der Waals surface area contributed by atoms with Crippen LogP contribution < -0.4 is 4.74 Å². The Bertz CT molecular complexity index is 857. The Balaban J connectivity index is 1.43. The molecule has 1 aromatic rings. The lowest BCUT2D eigenvalue weighted by atomic mass is 9.91. The number of para-hydroxylation sites is 1. The van der Waals surface area contributed by atoms with Gasteiger partial charge in [0, 0.05) is 51.1 Å². The number of fused-ring (bicyclic) bond motifs is 1. The molecule has 30 heavy (non-hydrogen) atoms. The normalized spacial score (nSPS) is 23.3. The van der Waals surface area contributed by atoms with Crippen LogP contribution in [0.4, 0.5) is 0 Å². The molecular weight excluding hydrogens is 402 g/mol. The monoisotopic (exact) mass is 435 g/mol. The van der Waals surface area contributed by atoms with Gasteiger partial charge in [0.15, 0.2) is 0 Å². The van der Waals surface area contributed by atoms with Gasteiger partial charge in [-0.3, -0.25) is 9.69 Å². The first-order valence-electron chi connectivity index (χ1n) is 11.1. The SMILES string of the molecule is CS(=O)(=O)N1Cc2ccccc2OC2(CCN(CC(=O)N3CCCCCC3)CC2)C1. The van der Waals surface area contributed by atoms with Crippen LogP contribution in [0.2, 0.25) is 0 Å². The molecule has 0 bridgehead atoms. The number of benzene rings is 1. The van der Waals surface area contributed by atoms with Crippen molar-refractivity contribution in [2.75, 3.05) is 45.5 Å². The fourth-order valence-electron chi connectivity index (χ4n) is 4.79. The van der Waals surface area contributed by atoms with Gasteiger partial charge in [0.2, 0.25) is 15.9 Å². The number of amides is 1. The number of hydrogen-bond acceptors (Lipinski definition) is 5. The topological polar surface area (TPSA) is 70.2 Å². The Morgan fingerprint density at radius 1 is 1.03 bits per heavy atom. The van der Waals surface area contributed by atoms with Crippen LogP contribution in [0, 0.1) is 0 Å². The molecule has 2 saturated heterocycles. The minimum absolute atomic E-state index is 0.220. The number of sulfonamides is 1. The van der Waals surface area contributed by atoms with E-state index in [1.165, 1.54) is 23.4 Å². The average Bonchev–Trinajstić information content (AvgIpc) is 3.07. The molecule has 8 heteroatoms. The van der Waals surface area contributed by atoms with Gasteiger partial charge >= 0.3 is 0 Å². The zero-order chi connectivity index (χ0) is 21.2. The van der Waals surface area contributed by atoms with Crippen molar-refractivity contribution in [3.8, 4) is 5.75 Å². The number of ether oxygens (including phenoxy) is 1. The Morgan fingerprint density at radius 2 is 1.70 bits per heavy atom. The van der Waals surface area contributed by atoms with Gasteiger partial charge in [-0.25, -0.2) is 8.42 Å². The zero-order valence-corrected chi connectivity index (χ0v) is 18.7. The van der Waals surface area contributed by atoms with Gasteiger partial charge in [0.05, 0.1) is 19.3 Å². The van der Waals surface area contributed by atoms with E-state index < -0.39 is 15.6 Å². The molecule has 166 valence electrons. The molecule has 0 atom stereocenters. The van der Waals surface area contributed by atoms with E-state index in [1.54, 1.807) is 0 Å². The maximum atomic E-state index is 12.8. The second-order valence-corrected chi connectivity index (χ2v) is 11.0. The molecule has 4 rings (SSSR count). The summed E-state index contributed by atoms with van der Waals surface area (Å²) < 4.78 is 32.8. The molecule has 3 aliphatic rings. The number of hydrogen-bond donors (Lipinski definition) is 0. The van der Waals surface area contributed by atoms with E-state index in [1.807, 2.05) is 29.2 Å². The molecule has 0 N–H and O–H groups in total. The first-order chi connectivity index (χ1) is 14.3. The smallest absolute Gasteiger partial charge is 0.236 e. The fourth-order valence-corrected chi connectivity index (χ4v) is 5.63. The molecule has 0 aliphatic carbocycles. The summed E-state index contributed by atoms with van der Waals surface area (Å²) in [6.07, 6.45) is 7.31. The predicted molar refractivity (Wildman–Crippen MR) is 116 cm³/mol. The van der Waals surface area contributed by atoms with E-state index in [2.05, 4.69) is 4.90 Å². The summed E-state index contributed by atoms with van der Waals surface area (Å²) in [4.78, 5) is 17.0. The van der Waals surface area contributed by atoms with Gasteiger partial charge in [0.25, 0.3) is 0 Å². The largest absolute Gasteiger partial charge is 0.485 e. The molecule has 0 saturated carbocycles. The Kier molecular flexibility index (Phi) is 6.36. The van der Waals surface area contributed by atoms with Gasteiger partial charge in [0.1, 0.15) is 11.4 Å². The molecule has 3 aliphatic heterocycles. The van der Waals surface area contributed by atoms with Gasteiger partial charge in [-0.1, -0.05) is 31.0 Å². The van der Waals surface area contributed by atoms with E-state index >= 15 is 0 Å². The molecule has 3 heterocycles. The van der Waals surface area contributed by atoms with Gasteiger partial charge in [-0.15, -0.1) is 0 Å². The van der Waals surface area contributed by atoms with Crippen LogP contribution in [0.1, 0.15) is 44.1 Å². The minimum Gasteiger partial charge on any atom is -0.485 e. The van der Waals surface area contributed by atoms with Crippen LogP contribution in [0.25, 0.3) is 0 Å². The number of rotatable bonds is 3. The Morgan fingerprint density at radius 3 is 2.37 bits per heavy atom. The van der Waals surface area contributed by atoms with Crippen molar-refractivity contribution in [2.24, 2.45) is 0 Å². The fraction of sp³-hybridized carbons (Fsp3) is 0.682. The summed E-state index contributed by atoms with van der Waals surface area (Å²) >= 11 is 0. The summed E-state index contributed by atoms with van der Waals surface area (Å²) in [5.74, 6) is 0.996. The molecule has 1 spiro atoms. The van der Waals surface area contributed by atoms with Crippen molar-refractivity contribution >= 4 is 15.9 Å². The van der Waals surface area contributed by atoms with Gasteiger partial charge < -0.3 is 9.64 Å². The number of carbonyl (C=O) groups is 1. The van der Waals surface area contributed by atoms with Crippen molar-refractivity contribution in [1.82, 2.24) is 14.1 Å². The average molecular weight is 436 g/mol. The highest BCUT2D eigenvalue weighted by Gasteiger charge is 2.43. The predicted octanol–water partition coefficient (Wildman–Crippen LogP) is 2.08. The quantitative estimate of drug-likeness (QED) is 0.727. The molecule has 0 unspecified atom stereocenters. The third kappa shape index (κ3) is 4.98. The highest BCUT2D eigenvalue weighted by Crippen LogP contribution is 2.36. The lowest BCUT2D eigenvalue weighted by Gasteiger charge is -2.42. The second-order valence-electron chi connectivity index (χ2n) is 8.99. The summed E-state index contributed by atoms with van der Waals surface area (Å²) in [5.41, 5.74) is 0.358. The van der Waals surface area contributed by atoms with E-state index in [0.717, 1.165) is 50.3 Å². The van der Waals surface area contributed by atoms with Crippen molar-refractivity contribution < 1.29 is 17.9 Å². The summed E-state index contributed by atoms with van der Waals surface area (Å²) in [5, 5.41) is 0. The van der Waals surface area contributed by atoms with E-state index in [9.17, 15) is 13.2 Å². The number of piperidine rings is 1. The Labute approximate surface area is 180 Å². The molecule has 7 nitrogen and oxygen atoms in total. The van der Waals surface area contributed by atoms with E-state index in [0.29, 0.717) is 32.5 Å². The lowest BCUT2D eigenvalue weighted by molar-refractivity contribution is -0.133. The lowest BCUT2D eigenvalue weighted by Crippen LogP contribution is -2.55. The highest BCUT2D eigenvalue weighted by atomic mass is 32.2. The van der Waals surface area contributed by atoms with E-state index in [-0.39, 0.29) is 5.91 Å². The van der Waals surface area contributed by atoms with E-state index in [4.69, 9.17) is 4.74 Å². The molecule has 0 radical (unpaired) electrons. The third-order valence-electron chi connectivity index (χ3n) is 6.66. The number of carbonyl (C=O) groups excluding carboxylic acids is 1. The molecule has 1 aromatic carbocycles. The zero-order valence-electron chi connectivity index (χ0n) is 17.9. The second kappa shape index (κ2) is 8.85. The molecular formula is C22H33N3O4S. The first-order valence-corrected chi connectivity index (χ1v) is 12.9.